The molecule has 0 aliphatic carbocycles. The number of fused-ring (bicyclic) bond motifs is 1. The molecule has 0 radical (unpaired) electrons. The van der Waals surface area contributed by atoms with Crippen LogP contribution >= 0.6 is 0 Å². The third kappa shape index (κ3) is 5.68. The normalized spacial score (nSPS) is 17.9. The molecule has 1 unspecified atom stereocenters. The van der Waals surface area contributed by atoms with E-state index in [2.05, 4.69) is 10.3 Å². The molecule has 204 valence electrons. The number of carbonyl (C=O) groups excluding carboxylic acids is 5. The second kappa shape index (κ2) is 11.3. The van der Waals surface area contributed by atoms with E-state index in [4.69, 9.17) is 4.65 Å². The van der Waals surface area contributed by atoms with Gasteiger partial charge in [0.2, 0.25) is 0 Å². The molecule has 1 fully saturated rings. The summed E-state index contributed by atoms with van der Waals surface area (Å²) >= 11 is 0. The van der Waals surface area contributed by atoms with Crippen LogP contribution in [-0.2, 0) is 20.8 Å². The van der Waals surface area contributed by atoms with Crippen molar-refractivity contribution in [1.29, 1.82) is 0 Å². The highest BCUT2D eigenvalue weighted by Crippen LogP contribution is 2.37. The van der Waals surface area contributed by atoms with Crippen molar-refractivity contribution < 1.29 is 38.0 Å². The van der Waals surface area contributed by atoms with E-state index >= 15 is 0 Å². The molecule has 13 heteroatoms. The molecule has 1 aromatic heterocycles. The molecule has 3 heterocycles. The van der Waals surface area contributed by atoms with E-state index in [9.17, 15) is 33.4 Å². The average molecular weight is 538 g/mol. The van der Waals surface area contributed by atoms with Crippen LogP contribution in [0.5, 0.6) is 5.75 Å². The summed E-state index contributed by atoms with van der Waals surface area (Å²) < 4.78 is 20.5. The maximum Gasteiger partial charge on any atom is 0.526 e. The van der Waals surface area contributed by atoms with E-state index in [1.165, 1.54) is 18.0 Å². The molecule has 0 spiro atoms. The number of halogens is 1. The summed E-state index contributed by atoms with van der Waals surface area (Å²) in [6.45, 7) is 5.00. The van der Waals surface area contributed by atoms with Gasteiger partial charge in [-0.1, -0.05) is 12.1 Å². The van der Waals surface area contributed by atoms with Crippen LogP contribution in [0.1, 0.15) is 53.5 Å². The molecule has 39 heavy (non-hydrogen) atoms. The van der Waals surface area contributed by atoms with Gasteiger partial charge in [0, 0.05) is 38.1 Å². The van der Waals surface area contributed by atoms with Crippen LogP contribution < -0.4 is 9.97 Å². The summed E-state index contributed by atoms with van der Waals surface area (Å²) in [5.41, 5.74) is 1.04. The smallest absolute Gasteiger partial charge is 0.526 e. The molecule has 4 amide bonds. The quantitative estimate of drug-likeness (QED) is 0.307. The predicted octanol–water partition coefficient (Wildman–Crippen LogP) is 1.62. The summed E-state index contributed by atoms with van der Waals surface area (Å²) in [7, 11) is -1.45. The van der Waals surface area contributed by atoms with Crippen LogP contribution in [-0.4, -0.2) is 76.0 Å². The second-order valence-electron chi connectivity index (χ2n) is 9.60. The molecule has 11 nitrogen and oxygen atoms in total. The first-order valence-corrected chi connectivity index (χ1v) is 12.5. The number of hydrogen-bond donors (Lipinski definition) is 2. The molecule has 2 aliphatic rings. The zero-order valence-corrected chi connectivity index (χ0v) is 21.8. The van der Waals surface area contributed by atoms with E-state index in [0.717, 1.165) is 6.07 Å². The lowest BCUT2D eigenvalue weighted by molar-refractivity contribution is -0.153. The number of nitrogens with zero attached hydrogens (tertiary/aromatic N) is 3. The lowest BCUT2D eigenvalue weighted by Gasteiger charge is -2.33. The number of imide groups is 1. The van der Waals surface area contributed by atoms with Gasteiger partial charge in [0.1, 0.15) is 23.3 Å². The number of carbonyl (C=O) groups is 5. The molecule has 1 aromatic carbocycles. The Kier molecular flexibility index (Phi) is 8.10. The van der Waals surface area contributed by atoms with Gasteiger partial charge >= 0.3 is 25.0 Å². The van der Waals surface area contributed by atoms with Crippen LogP contribution in [0, 0.1) is 12.7 Å². The fourth-order valence-corrected chi connectivity index (χ4v) is 4.74. The summed E-state index contributed by atoms with van der Waals surface area (Å²) in [5, 5.41) is 13.0. The van der Waals surface area contributed by atoms with Crippen molar-refractivity contribution in [2.45, 2.75) is 45.5 Å². The van der Waals surface area contributed by atoms with E-state index < -0.39 is 48.4 Å². The highest BCUT2D eigenvalue weighted by Gasteiger charge is 2.41. The Bertz CT molecular complexity index is 1350. The summed E-state index contributed by atoms with van der Waals surface area (Å²) in [4.78, 5) is 69.3. The SMILES string of the molecule is CCN1CCN(C(=O)NC(C(=O)C[C@H]2Cc3cccc(C(C)=O)c3OB2O)c2ncc(C)cc2F)C(=O)C1=O. The van der Waals surface area contributed by atoms with E-state index in [-0.39, 0.29) is 43.2 Å². The molecule has 2 aliphatic heterocycles. The molecular formula is C26H28BFN4O7. The van der Waals surface area contributed by atoms with Crippen LogP contribution in [0.25, 0.3) is 0 Å². The van der Waals surface area contributed by atoms with Crippen LogP contribution in [0.2, 0.25) is 5.82 Å². The standard InChI is InChI=1S/C26H28BFN4O7/c1-4-31-8-9-32(25(36)24(31)35)26(37)30-22(21-19(28)10-14(2)13-29-21)20(34)12-17-11-16-6-5-7-18(15(3)33)23(16)39-27(17)38/h5-7,10,13,17,22,38H,4,8-9,11-12H2,1-3H3,(H,30,37)/t17-,22?/m1/s1. The topological polar surface area (TPSA) is 146 Å². The van der Waals surface area contributed by atoms with E-state index in [1.54, 1.807) is 32.0 Å². The Hall–Kier alpha value is -4.13. The number of aryl methyl sites for hydroxylation is 1. The highest BCUT2D eigenvalue weighted by atomic mass is 19.1. The highest BCUT2D eigenvalue weighted by molar-refractivity contribution is 6.47. The predicted molar refractivity (Wildman–Crippen MR) is 136 cm³/mol. The van der Waals surface area contributed by atoms with Gasteiger partial charge in [-0.25, -0.2) is 9.18 Å². The Morgan fingerprint density at radius 1 is 1.26 bits per heavy atom. The largest absolute Gasteiger partial charge is 0.535 e. The number of Topliss-reactive ketones (excluding diaryl/α,β-unsaturated/α-hetero) is 2. The molecule has 2 atom stereocenters. The summed E-state index contributed by atoms with van der Waals surface area (Å²) in [6.07, 6.45) is 1.17. The first-order chi connectivity index (χ1) is 18.5. The Balaban J connectivity index is 1.58. The lowest BCUT2D eigenvalue weighted by Crippen LogP contribution is -2.58. The number of rotatable bonds is 7. The monoisotopic (exact) mass is 538 g/mol. The summed E-state index contributed by atoms with van der Waals surface area (Å²) in [6, 6.07) is 3.46. The minimum atomic E-state index is -1.61. The fourth-order valence-electron chi connectivity index (χ4n) is 4.74. The van der Waals surface area contributed by atoms with Gasteiger partial charge in [-0.15, -0.1) is 0 Å². The first-order valence-electron chi connectivity index (χ1n) is 12.5. The van der Waals surface area contributed by atoms with Gasteiger partial charge in [-0.2, -0.15) is 0 Å². The van der Waals surface area contributed by atoms with Crippen LogP contribution in [0.15, 0.2) is 30.5 Å². The Labute approximate surface area is 224 Å². The van der Waals surface area contributed by atoms with Gasteiger partial charge in [-0.3, -0.25) is 29.1 Å². The van der Waals surface area contributed by atoms with E-state index in [1.807, 2.05) is 0 Å². The molecular weight excluding hydrogens is 510 g/mol. The number of benzene rings is 1. The zero-order chi connectivity index (χ0) is 28.4. The average Bonchev–Trinajstić information content (AvgIpc) is 2.89. The number of piperazine rings is 1. The van der Waals surface area contributed by atoms with Gasteiger partial charge in [0.15, 0.2) is 11.6 Å². The summed E-state index contributed by atoms with van der Waals surface area (Å²) in [5.74, 6) is -4.23. The molecule has 4 rings (SSSR count). The fraction of sp³-hybridized carbons (Fsp3) is 0.385. The van der Waals surface area contributed by atoms with Crippen molar-refractivity contribution >= 4 is 36.5 Å². The number of nitrogens with one attached hydrogen (secondary N) is 1. The number of aromatic nitrogens is 1. The third-order valence-electron chi connectivity index (χ3n) is 6.87. The minimum absolute atomic E-state index is 0.0978. The van der Waals surface area contributed by atoms with Gasteiger partial charge < -0.3 is 19.9 Å². The van der Waals surface area contributed by atoms with Gasteiger partial charge in [-0.05, 0) is 50.5 Å². The number of ketones is 2. The first kappa shape index (κ1) is 27.9. The van der Waals surface area contributed by atoms with Crippen molar-refractivity contribution in [1.82, 2.24) is 20.1 Å². The Morgan fingerprint density at radius 2 is 2.00 bits per heavy atom. The molecule has 0 bridgehead atoms. The minimum Gasteiger partial charge on any atom is -0.535 e. The molecule has 1 saturated heterocycles. The Morgan fingerprint density at radius 3 is 2.67 bits per heavy atom. The lowest BCUT2D eigenvalue weighted by atomic mass is 9.64. The zero-order valence-electron chi connectivity index (χ0n) is 21.8. The molecule has 2 N–H and O–H groups in total. The maximum absolute atomic E-state index is 14.9. The number of likely N-dealkylation sites (N-methyl/N-ethyl adjacent to an activating group) is 1. The molecule has 0 saturated carbocycles. The van der Waals surface area contributed by atoms with Crippen molar-refractivity contribution in [2.24, 2.45) is 0 Å². The number of amides is 4. The van der Waals surface area contributed by atoms with Gasteiger partial charge in [0.05, 0.1) is 5.56 Å². The number of urea groups is 1. The number of pyridine rings is 1. The number of hydrogen-bond acceptors (Lipinski definition) is 8. The van der Waals surface area contributed by atoms with Gasteiger partial charge in [0.25, 0.3) is 0 Å². The van der Waals surface area contributed by atoms with Crippen molar-refractivity contribution in [2.75, 3.05) is 19.6 Å². The van der Waals surface area contributed by atoms with Crippen LogP contribution in [0.3, 0.4) is 0 Å². The van der Waals surface area contributed by atoms with Crippen molar-refractivity contribution in [3.05, 3.63) is 58.7 Å². The van der Waals surface area contributed by atoms with E-state index in [0.29, 0.717) is 28.1 Å². The third-order valence-corrected chi connectivity index (χ3v) is 6.87. The number of para-hydroxylation sites is 1. The van der Waals surface area contributed by atoms with Crippen molar-refractivity contribution in [3.8, 4) is 5.75 Å². The van der Waals surface area contributed by atoms with Crippen molar-refractivity contribution in [3.63, 3.8) is 0 Å². The maximum atomic E-state index is 14.9. The molecule has 2 aromatic rings. The second-order valence-corrected chi connectivity index (χ2v) is 9.60. The van der Waals surface area contributed by atoms with Crippen LogP contribution in [0.4, 0.5) is 9.18 Å².